The monoisotopic (exact) mass is 487 g/mol. The van der Waals surface area contributed by atoms with E-state index in [4.69, 9.17) is 4.74 Å². The highest BCUT2D eigenvalue weighted by Crippen LogP contribution is 2.36. The molecule has 3 rings (SSSR count). The number of hydrogen-bond donors (Lipinski definition) is 1. The standard InChI is InChI=1S/C28H29N3O3S/c1-5-31(6-2)23-14-10-20(11-15-23)16-22(17-29)26(32)30-27-25(28(33)34-7-3)24(18-35-27)21-12-8-19(4)9-13-21/h8-16,18H,5-7H2,1-4H3,(H,30,32). The summed E-state index contributed by atoms with van der Waals surface area (Å²) in [4.78, 5) is 28.0. The molecule has 35 heavy (non-hydrogen) atoms. The second-order valence-electron chi connectivity index (χ2n) is 7.83. The first-order chi connectivity index (χ1) is 16.9. The van der Waals surface area contributed by atoms with E-state index in [1.165, 1.54) is 11.3 Å². The molecule has 0 bridgehead atoms. The molecule has 0 saturated carbocycles. The van der Waals surface area contributed by atoms with E-state index < -0.39 is 11.9 Å². The van der Waals surface area contributed by atoms with Gasteiger partial charge in [-0.25, -0.2) is 4.79 Å². The molecule has 1 aromatic heterocycles. The molecule has 1 N–H and O–H groups in total. The van der Waals surface area contributed by atoms with Crippen molar-refractivity contribution in [2.24, 2.45) is 0 Å². The zero-order chi connectivity index (χ0) is 25.4. The second-order valence-corrected chi connectivity index (χ2v) is 8.71. The van der Waals surface area contributed by atoms with E-state index in [9.17, 15) is 14.9 Å². The predicted octanol–water partition coefficient (Wildman–Crippen LogP) is 6.29. The minimum Gasteiger partial charge on any atom is -0.462 e. The van der Waals surface area contributed by atoms with E-state index in [0.29, 0.717) is 10.6 Å². The van der Waals surface area contributed by atoms with Gasteiger partial charge in [0.1, 0.15) is 22.2 Å². The number of hydrogen-bond acceptors (Lipinski definition) is 6. The van der Waals surface area contributed by atoms with Crippen molar-refractivity contribution < 1.29 is 14.3 Å². The number of thiophene rings is 1. The van der Waals surface area contributed by atoms with E-state index in [2.05, 4.69) is 24.1 Å². The van der Waals surface area contributed by atoms with Crippen LogP contribution in [0.5, 0.6) is 0 Å². The molecule has 0 spiro atoms. The summed E-state index contributed by atoms with van der Waals surface area (Å²) < 4.78 is 5.26. The fourth-order valence-electron chi connectivity index (χ4n) is 3.66. The number of carbonyl (C=O) groups excluding carboxylic acids is 2. The topological polar surface area (TPSA) is 82.4 Å². The highest BCUT2D eigenvalue weighted by Gasteiger charge is 2.23. The van der Waals surface area contributed by atoms with Crippen molar-refractivity contribution in [3.63, 3.8) is 0 Å². The minimum atomic E-state index is -0.580. The van der Waals surface area contributed by atoms with Gasteiger partial charge in [0, 0.05) is 29.7 Å². The molecule has 0 fully saturated rings. The molecule has 6 nitrogen and oxygen atoms in total. The maximum atomic E-state index is 13.0. The Morgan fingerprint density at radius 1 is 1.06 bits per heavy atom. The first kappa shape index (κ1) is 25.7. The predicted molar refractivity (Wildman–Crippen MR) is 143 cm³/mol. The van der Waals surface area contributed by atoms with Crippen LogP contribution < -0.4 is 10.2 Å². The van der Waals surface area contributed by atoms with Crippen molar-refractivity contribution in [3.05, 3.63) is 76.2 Å². The number of nitriles is 1. The maximum Gasteiger partial charge on any atom is 0.341 e. The molecule has 3 aromatic rings. The zero-order valence-corrected chi connectivity index (χ0v) is 21.2. The Morgan fingerprint density at radius 2 is 1.71 bits per heavy atom. The van der Waals surface area contributed by atoms with Crippen LogP contribution in [0.15, 0.2) is 59.5 Å². The fourth-order valence-corrected chi connectivity index (χ4v) is 4.61. The number of anilines is 2. The molecule has 2 aromatic carbocycles. The zero-order valence-electron chi connectivity index (χ0n) is 20.4. The van der Waals surface area contributed by atoms with Crippen LogP contribution in [0, 0.1) is 18.3 Å². The third kappa shape index (κ3) is 6.17. The van der Waals surface area contributed by atoms with Crippen molar-refractivity contribution in [1.82, 2.24) is 0 Å². The number of ether oxygens (including phenoxy) is 1. The van der Waals surface area contributed by atoms with Gasteiger partial charge in [0.2, 0.25) is 0 Å². The first-order valence-corrected chi connectivity index (χ1v) is 12.4. The fraction of sp³-hybridized carbons (Fsp3) is 0.250. The number of rotatable bonds is 9. The number of esters is 1. The van der Waals surface area contributed by atoms with E-state index in [1.54, 1.807) is 13.0 Å². The van der Waals surface area contributed by atoms with Gasteiger partial charge in [-0.05, 0) is 57.0 Å². The lowest BCUT2D eigenvalue weighted by Gasteiger charge is -2.20. The van der Waals surface area contributed by atoms with Gasteiger partial charge < -0.3 is 15.0 Å². The summed E-state index contributed by atoms with van der Waals surface area (Å²) in [5.41, 5.74) is 4.68. The normalized spacial score (nSPS) is 11.0. The van der Waals surface area contributed by atoms with Gasteiger partial charge in [-0.1, -0.05) is 42.0 Å². The Hall–Kier alpha value is -3.89. The van der Waals surface area contributed by atoms with Crippen molar-refractivity contribution in [2.75, 3.05) is 29.9 Å². The van der Waals surface area contributed by atoms with Gasteiger partial charge in [-0.2, -0.15) is 5.26 Å². The third-order valence-electron chi connectivity index (χ3n) is 5.56. The largest absolute Gasteiger partial charge is 0.462 e. The summed E-state index contributed by atoms with van der Waals surface area (Å²) in [5, 5.41) is 14.6. The van der Waals surface area contributed by atoms with Gasteiger partial charge in [0.25, 0.3) is 5.91 Å². The average Bonchev–Trinajstić information content (AvgIpc) is 3.28. The van der Waals surface area contributed by atoms with Crippen LogP contribution in [0.2, 0.25) is 0 Å². The molecule has 0 atom stereocenters. The van der Waals surface area contributed by atoms with Gasteiger partial charge in [-0.15, -0.1) is 11.3 Å². The SMILES string of the molecule is CCOC(=O)c1c(-c2ccc(C)cc2)csc1NC(=O)C(C#N)=Cc1ccc(N(CC)CC)cc1. The third-order valence-corrected chi connectivity index (χ3v) is 6.45. The number of aryl methyl sites for hydroxylation is 1. The molecule has 7 heteroatoms. The maximum absolute atomic E-state index is 13.0. The Kier molecular flexibility index (Phi) is 8.82. The number of nitrogens with one attached hydrogen (secondary N) is 1. The Labute approximate surface area is 210 Å². The highest BCUT2D eigenvalue weighted by atomic mass is 32.1. The average molecular weight is 488 g/mol. The summed E-state index contributed by atoms with van der Waals surface area (Å²) in [6.45, 7) is 9.90. The molecule has 0 unspecified atom stereocenters. The second kappa shape index (κ2) is 12.0. The molecule has 0 saturated heterocycles. The Bertz CT molecular complexity index is 1250. The molecule has 1 heterocycles. The lowest BCUT2D eigenvalue weighted by molar-refractivity contribution is -0.112. The molecule has 0 aliphatic heterocycles. The van der Waals surface area contributed by atoms with Crippen LogP contribution >= 0.6 is 11.3 Å². The molecular formula is C28H29N3O3S. The van der Waals surface area contributed by atoms with E-state index in [0.717, 1.165) is 35.5 Å². The van der Waals surface area contributed by atoms with Crippen LogP contribution in [-0.4, -0.2) is 31.6 Å². The summed E-state index contributed by atoms with van der Waals surface area (Å²) in [6.07, 6.45) is 1.54. The van der Waals surface area contributed by atoms with Gasteiger partial charge in [-0.3, -0.25) is 4.79 Å². The summed E-state index contributed by atoms with van der Waals surface area (Å²) in [5.74, 6) is -1.10. The Balaban J connectivity index is 1.89. The van der Waals surface area contributed by atoms with E-state index in [1.807, 2.05) is 66.9 Å². The van der Waals surface area contributed by atoms with Crippen molar-refractivity contribution in [3.8, 4) is 17.2 Å². The smallest absolute Gasteiger partial charge is 0.341 e. The number of benzene rings is 2. The Morgan fingerprint density at radius 3 is 2.29 bits per heavy atom. The highest BCUT2D eigenvalue weighted by molar-refractivity contribution is 7.15. The van der Waals surface area contributed by atoms with Crippen LogP contribution in [0.1, 0.15) is 42.3 Å². The van der Waals surface area contributed by atoms with Crippen molar-refractivity contribution in [1.29, 1.82) is 5.26 Å². The summed E-state index contributed by atoms with van der Waals surface area (Å²) in [7, 11) is 0. The molecular weight excluding hydrogens is 458 g/mol. The lowest BCUT2D eigenvalue weighted by atomic mass is 10.0. The van der Waals surface area contributed by atoms with Crippen LogP contribution in [0.25, 0.3) is 17.2 Å². The lowest BCUT2D eigenvalue weighted by Crippen LogP contribution is -2.21. The van der Waals surface area contributed by atoms with E-state index in [-0.39, 0.29) is 17.7 Å². The van der Waals surface area contributed by atoms with Gasteiger partial charge in [0.05, 0.1) is 6.61 Å². The van der Waals surface area contributed by atoms with Crippen LogP contribution in [0.3, 0.4) is 0 Å². The molecule has 0 radical (unpaired) electrons. The van der Waals surface area contributed by atoms with Crippen LogP contribution in [0.4, 0.5) is 10.7 Å². The summed E-state index contributed by atoms with van der Waals surface area (Å²) >= 11 is 1.23. The number of amides is 1. The van der Waals surface area contributed by atoms with Gasteiger partial charge in [0.15, 0.2) is 0 Å². The summed E-state index contributed by atoms with van der Waals surface area (Å²) in [6, 6.07) is 17.4. The molecule has 0 aliphatic rings. The number of nitrogens with zero attached hydrogens (tertiary/aromatic N) is 2. The van der Waals surface area contributed by atoms with Gasteiger partial charge >= 0.3 is 5.97 Å². The minimum absolute atomic E-state index is 0.0549. The molecule has 0 aliphatic carbocycles. The van der Waals surface area contributed by atoms with Crippen molar-refractivity contribution >= 4 is 40.0 Å². The molecule has 180 valence electrons. The molecule has 1 amide bonds. The first-order valence-electron chi connectivity index (χ1n) is 11.6. The van der Waals surface area contributed by atoms with Crippen LogP contribution in [-0.2, 0) is 9.53 Å². The quantitative estimate of drug-likeness (QED) is 0.218. The van der Waals surface area contributed by atoms with E-state index >= 15 is 0 Å². The number of carbonyl (C=O) groups is 2. The van der Waals surface area contributed by atoms with Crippen molar-refractivity contribution in [2.45, 2.75) is 27.7 Å².